The summed E-state index contributed by atoms with van der Waals surface area (Å²) in [6.45, 7) is 5.17. The monoisotopic (exact) mass is 625 g/mol. The predicted octanol–water partition coefficient (Wildman–Crippen LogP) is 4.02. The molecule has 0 saturated heterocycles. The molecule has 0 saturated carbocycles. The topological polar surface area (TPSA) is 189 Å². The highest BCUT2D eigenvalue weighted by molar-refractivity contribution is 6.31. The molecule has 0 aliphatic rings. The van der Waals surface area contributed by atoms with E-state index in [1.165, 1.54) is 4.57 Å². The van der Waals surface area contributed by atoms with Crippen molar-refractivity contribution in [1.82, 2.24) is 14.5 Å². The van der Waals surface area contributed by atoms with E-state index in [9.17, 15) is 4.79 Å². The van der Waals surface area contributed by atoms with Gasteiger partial charge in [0.25, 0.3) is 0 Å². The number of guanidine groups is 1. The zero-order chi connectivity index (χ0) is 32.2. The van der Waals surface area contributed by atoms with Gasteiger partial charge in [-0.2, -0.15) is 4.98 Å². The number of aliphatic imine (C=N–C) groups is 2. The number of rotatable bonds is 12. The van der Waals surface area contributed by atoms with Gasteiger partial charge >= 0.3 is 5.69 Å². The first kappa shape index (κ1) is 34.2. The van der Waals surface area contributed by atoms with Crippen molar-refractivity contribution >= 4 is 34.4 Å². The lowest BCUT2D eigenvalue weighted by Gasteiger charge is -2.09. The summed E-state index contributed by atoms with van der Waals surface area (Å²) in [5.41, 5.74) is 24.8. The van der Waals surface area contributed by atoms with Gasteiger partial charge in [-0.15, -0.1) is 0 Å². The van der Waals surface area contributed by atoms with Crippen LogP contribution >= 0.6 is 11.6 Å². The molecule has 0 bridgehead atoms. The molecule has 13 heteroatoms. The second-order valence-electron chi connectivity index (χ2n) is 10.4. The maximum atomic E-state index is 15.0. The van der Waals surface area contributed by atoms with E-state index in [0.717, 1.165) is 30.4 Å². The molecule has 11 nitrogen and oxygen atoms in total. The molecule has 2 heterocycles. The van der Waals surface area contributed by atoms with Crippen LogP contribution in [-0.2, 0) is 17.8 Å². The Bertz CT molecular complexity index is 1640. The highest BCUT2D eigenvalue weighted by Gasteiger charge is 2.15. The molecular weight excluding hydrogens is 585 g/mol. The number of H-pyrrole nitrogens is 1. The molecule has 4 aromatic rings. The first-order chi connectivity index (χ1) is 21.0. The average molecular weight is 626 g/mol. The van der Waals surface area contributed by atoms with Gasteiger partial charge in [0.05, 0.1) is 28.8 Å². The van der Waals surface area contributed by atoms with Gasteiger partial charge in [-0.25, -0.2) is 9.18 Å². The lowest BCUT2D eigenvalue weighted by Crippen LogP contribution is -2.23. The molecule has 2 aromatic heterocycles. The number of benzene rings is 2. The summed E-state index contributed by atoms with van der Waals surface area (Å²) in [5, 5.41) is 0.711. The number of aromatic nitrogens is 3. The molecule has 0 spiro atoms. The Labute approximate surface area is 261 Å². The molecule has 236 valence electrons. The fraction of sp³-hybridized carbons (Fsp3) is 0.355. The highest BCUT2D eigenvalue weighted by atomic mass is 35.5. The Morgan fingerprint density at radius 3 is 2.48 bits per heavy atom. The molecule has 0 aliphatic carbocycles. The van der Waals surface area contributed by atoms with Crippen LogP contribution in [0.5, 0.6) is 0 Å². The smallest absolute Gasteiger partial charge is 0.354 e. The number of amidine groups is 1. The number of halogens is 2. The summed E-state index contributed by atoms with van der Waals surface area (Å²) >= 11 is 6.21. The van der Waals surface area contributed by atoms with Crippen LogP contribution in [0.25, 0.3) is 28.0 Å². The predicted molar refractivity (Wildman–Crippen MR) is 177 cm³/mol. The lowest BCUT2D eigenvalue weighted by atomic mass is 10.0. The number of hydrogen-bond donors (Lipinski definition) is 5. The Morgan fingerprint density at radius 1 is 1.14 bits per heavy atom. The summed E-state index contributed by atoms with van der Waals surface area (Å²) in [6.07, 6.45) is 4.87. The summed E-state index contributed by atoms with van der Waals surface area (Å²) in [5.74, 6) is 0.173. The normalized spacial score (nSPS) is 12.1. The van der Waals surface area contributed by atoms with E-state index in [4.69, 9.17) is 39.3 Å². The van der Waals surface area contributed by atoms with Crippen LogP contribution in [0.2, 0.25) is 5.02 Å². The maximum absolute atomic E-state index is 15.0. The van der Waals surface area contributed by atoms with Gasteiger partial charge in [-0.05, 0) is 81.0 Å². The van der Waals surface area contributed by atoms with E-state index in [1.807, 2.05) is 31.2 Å². The van der Waals surface area contributed by atoms with Gasteiger partial charge in [0.2, 0.25) is 0 Å². The van der Waals surface area contributed by atoms with Crippen LogP contribution in [-0.4, -0.2) is 52.6 Å². The molecule has 0 aliphatic heterocycles. The van der Waals surface area contributed by atoms with Crippen molar-refractivity contribution in [2.45, 2.75) is 52.2 Å². The molecule has 2 aromatic carbocycles. The summed E-state index contributed by atoms with van der Waals surface area (Å²) in [6, 6.07) is 12.7. The maximum Gasteiger partial charge on any atom is 0.354 e. The Morgan fingerprint density at radius 2 is 1.84 bits per heavy atom. The van der Waals surface area contributed by atoms with Crippen LogP contribution < -0.4 is 28.6 Å². The number of aromatic amines is 1. The molecule has 0 amide bonds. The fourth-order valence-electron chi connectivity index (χ4n) is 4.26. The van der Waals surface area contributed by atoms with Crippen molar-refractivity contribution in [3.63, 3.8) is 0 Å². The third kappa shape index (κ3) is 10.2. The molecule has 4 rings (SSSR count). The van der Waals surface area contributed by atoms with Gasteiger partial charge in [0.15, 0.2) is 11.8 Å². The molecule has 0 fully saturated rings. The molecule has 1 unspecified atom stereocenters. The van der Waals surface area contributed by atoms with E-state index in [0.29, 0.717) is 60.0 Å². The standard InChI is InChI=1S/C28H33ClFN7O2.C3H8N2/c1-17(31)4-2-5-19-12-22(25(30)23(29)13-19)24-14-20-15-37(28(38)36-26(20)35-24)21-8-6-18(7-9-21)16-39-11-3-10-34-27(32)33;1-3(4)5-2/h6-9,12-15,17H,2-5,10-11,16,31H2,1H3,(H4,32,33,34)(H,35,36,38);1-2H3,(H2,4,5). The van der Waals surface area contributed by atoms with Crippen LogP contribution in [0, 0.1) is 5.82 Å². The van der Waals surface area contributed by atoms with Gasteiger partial charge in [-0.3, -0.25) is 14.6 Å². The van der Waals surface area contributed by atoms with Crippen molar-refractivity contribution < 1.29 is 9.13 Å². The molecule has 44 heavy (non-hydrogen) atoms. The zero-order valence-corrected chi connectivity index (χ0v) is 26.1. The molecule has 9 N–H and O–H groups in total. The Kier molecular flexibility index (Phi) is 12.9. The van der Waals surface area contributed by atoms with Gasteiger partial charge in [0, 0.05) is 43.4 Å². The lowest BCUT2D eigenvalue weighted by molar-refractivity contribution is 0.120. The second kappa shape index (κ2) is 16.6. The zero-order valence-electron chi connectivity index (χ0n) is 25.3. The summed E-state index contributed by atoms with van der Waals surface area (Å²) in [7, 11) is 1.66. The van der Waals surface area contributed by atoms with Crippen molar-refractivity contribution in [1.29, 1.82) is 0 Å². The number of nitrogens with one attached hydrogen (secondary N) is 1. The van der Waals surface area contributed by atoms with Crippen molar-refractivity contribution in [3.05, 3.63) is 81.1 Å². The van der Waals surface area contributed by atoms with Crippen LogP contribution in [0.1, 0.15) is 44.2 Å². The van der Waals surface area contributed by atoms with Gasteiger partial charge in [-0.1, -0.05) is 23.7 Å². The first-order valence-corrected chi connectivity index (χ1v) is 14.6. The Balaban J connectivity index is 0.000000978. The van der Waals surface area contributed by atoms with E-state index in [1.54, 1.807) is 38.4 Å². The van der Waals surface area contributed by atoms with Gasteiger partial charge in [0.1, 0.15) is 5.65 Å². The quantitative estimate of drug-likeness (QED) is 0.0892. The summed E-state index contributed by atoms with van der Waals surface area (Å²) in [4.78, 5) is 27.6. The second-order valence-corrected chi connectivity index (χ2v) is 10.8. The van der Waals surface area contributed by atoms with Gasteiger partial charge < -0.3 is 32.7 Å². The number of aryl methyl sites for hydroxylation is 1. The Hall–Kier alpha value is -4.26. The fourth-order valence-corrected chi connectivity index (χ4v) is 4.50. The van der Waals surface area contributed by atoms with Crippen LogP contribution in [0.15, 0.2) is 63.4 Å². The summed E-state index contributed by atoms with van der Waals surface area (Å²) < 4.78 is 22.1. The minimum Gasteiger partial charge on any atom is -0.388 e. The minimum absolute atomic E-state index is 0.0484. The van der Waals surface area contributed by atoms with E-state index in [-0.39, 0.29) is 17.0 Å². The third-order valence-electron chi connectivity index (χ3n) is 6.59. The van der Waals surface area contributed by atoms with Crippen molar-refractivity contribution in [2.24, 2.45) is 32.9 Å². The van der Waals surface area contributed by atoms with Crippen molar-refractivity contribution in [3.8, 4) is 16.9 Å². The number of fused-ring (bicyclic) bond motifs is 1. The first-order valence-electron chi connectivity index (χ1n) is 14.3. The molecule has 0 radical (unpaired) electrons. The number of ether oxygens (including phenoxy) is 1. The number of hydrogen-bond acceptors (Lipinski definition) is 6. The van der Waals surface area contributed by atoms with Crippen LogP contribution in [0.4, 0.5) is 4.39 Å². The van der Waals surface area contributed by atoms with Crippen LogP contribution in [0.3, 0.4) is 0 Å². The third-order valence-corrected chi connectivity index (χ3v) is 6.86. The minimum atomic E-state index is -0.525. The number of nitrogens with zero attached hydrogens (tertiary/aromatic N) is 4. The highest BCUT2D eigenvalue weighted by Crippen LogP contribution is 2.31. The molecule has 1 atom stereocenters. The van der Waals surface area contributed by atoms with Crippen molar-refractivity contribution in [2.75, 3.05) is 20.2 Å². The van der Waals surface area contributed by atoms with E-state index >= 15 is 4.39 Å². The largest absolute Gasteiger partial charge is 0.388 e. The van der Waals surface area contributed by atoms with E-state index < -0.39 is 11.5 Å². The SMILES string of the molecule is CC(N)CCCc1cc(Cl)c(F)c(-c2cc3cn(-c4ccc(COCCCN=C(N)N)cc4)c(=O)nc3[nH]2)c1.CN=C(C)N. The number of nitrogens with two attached hydrogens (primary N) is 4. The average Bonchev–Trinajstić information content (AvgIpc) is 3.39. The van der Waals surface area contributed by atoms with E-state index in [2.05, 4.69) is 20.0 Å². The molecular formula is C31H41ClFN9O2.